The Labute approximate surface area is 127 Å². The molecule has 2 N–H and O–H groups in total. The van der Waals surface area contributed by atoms with Crippen LogP contribution in [0.15, 0.2) is 24.3 Å². The minimum atomic E-state index is -0.594. The van der Waals surface area contributed by atoms with Crippen molar-refractivity contribution >= 4 is 10.9 Å². The Morgan fingerprint density at radius 1 is 1.24 bits per heavy atom. The quantitative estimate of drug-likeness (QED) is 0.907. The summed E-state index contributed by atoms with van der Waals surface area (Å²) in [6, 6.07) is 8.61. The van der Waals surface area contributed by atoms with E-state index in [9.17, 15) is 5.11 Å². The number of fused-ring (bicyclic) bond motifs is 1. The lowest BCUT2D eigenvalue weighted by atomic mass is 9.87. The Bertz CT molecular complexity index is 616. The van der Waals surface area contributed by atoms with Crippen LogP contribution in [0, 0.1) is 6.92 Å². The summed E-state index contributed by atoms with van der Waals surface area (Å²) in [5.41, 5.74) is 3.48. The molecule has 3 nitrogen and oxygen atoms in total. The average molecular weight is 286 g/mol. The molecular formula is C18H26N2O. The van der Waals surface area contributed by atoms with E-state index in [1.54, 1.807) is 0 Å². The van der Waals surface area contributed by atoms with E-state index >= 15 is 0 Å². The molecule has 0 bridgehead atoms. The molecule has 114 valence electrons. The molecule has 21 heavy (non-hydrogen) atoms. The van der Waals surface area contributed by atoms with Gasteiger partial charge in [0.1, 0.15) is 0 Å². The van der Waals surface area contributed by atoms with Crippen molar-refractivity contribution in [2.45, 2.75) is 45.1 Å². The molecule has 0 aliphatic carbocycles. The molecule has 1 aromatic carbocycles. The average Bonchev–Trinajstić information content (AvgIpc) is 2.74. The molecule has 1 saturated heterocycles. The number of hydrogen-bond donors (Lipinski definition) is 2. The minimum Gasteiger partial charge on any atom is -0.389 e. The van der Waals surface area contributed by atoms with Crippen LogP contribution in [0.4, 0.5) is 0 Å². The van der Waals surface area contributed by atoms with Gasteiger partial charge in [0.2, 0.25) is 0 Å². The number of nitrogens with one attached hydrogen (secondary N) is 1. The van der Waals surface area contributed by atoms with Crippen LogP contribution >= 0.6 is 0 Å². The van der Waals surface area contributed by atoms with E-state index in [2.05, 4.69) is 41.1 Å². The number of β-amino-alcohol motifs (C(OH)–C–C–N with tert-alkyl or cyclic N) is 1. The lowest BCUT2D eigenvalue weighted by Gasteiger charge is -2.35. The van der Waals surface area contributed by atoms with Crippen LogP contribution in [0.2, 0.25) is 0 Å². The summed E-state index contributed by atoms with van der Waals surface area (Å²) in [5, 5.41) is 11.3. The lowest BCUT2D eigenvalue weighted by molar-refractivity contribution is 0.0282. The molecule has 1 aliphatic heterocycles. The smallest absolute Gasteiger partial charge is 0.0718 e. The Morgan fingerprint density at radius 3 is 2.57 bits per heavy atom. The topological polar surface area (TPSA) is 39.3 Å². The molecule has 0 saturated carbocycles. The summed E-state index contributed by atoms with van der Waals surface area (Å²) in [7, 11) is 0. The Balaban J connectivity index is 1.76. The molecule has 0 unspecified atom stereocenters. The number of aliphatic hydroxyl groups is 1. The summed E-state index contributed by atoms with van der Waals surface area (Å²) in [6.45, 7) is 8.90. The van der Waals surface area contributed by atoms with Crippen molar-refractivity contribution in [2.24, 2.45) is 0 Å². The third-order valence-electron chi connectivity index (χ3n) is 4.55. The van der Waals surface area contributed by atoms with Crippen LogP contribution < -0.4 is 0 Å². The number of H-pyrrole nitrogens is 1. The van der Waals surface area contributed by atoms with Crippen LogP contribution in [0.1, 0.15) is 43.9 Å². The van der Waals surface area contributed by atoms with E-state index < -0.39 is 5.60 Å². The van der Waals surface area contributed by atoms with Gasteiger partial charge in [0.15, 0.2) is 0 Å². The standard InChI is InChI=1S/C18H26N2O/c1-13-17(15-6-4-5-7-16(15)19-13)14-8-10-20(11-9-14)12-18(2,3)21/h4-7,14,19,21H,8-12H2,1-3H3. The van der Waals surface area contributed by atoms with Crippen LogP contribution in [-0.2, 0) is 0 Å². The van der Waals surface area contributed by atoms with Gasteiger partial charge in [0.05, 0.1) is 5.60 Å². The first-order chi connectivity index (χ1) is 9.94. The highest BCUT2D eigenvalue weighted by molar-refractivity contribution is 5.85. The third kappa shape index (κ3) is 3.14. The van der Waals surface area contributed by atoms with Gasteiger partial charge in [0.25, 0.3) is 0 Å². The molecule has 3 heteroatoms. The fourth-order valence-electron chi connectivity index (χ4n) is 3.75. The molecule has 2 heterocycles. The van der Waals surface area contributed by atoms with Crippen molar-refractivity contribution in [1.82, 2.24) is 9.88 Å². The SMILES string of the molecule is Cc1[nH]c2ccccc2c1C1CCN(CC(C)(C)O)CC1. The zero-order chi connectivity index (χ0) is 15.0. The number of aromatic nitrogens is 1. The summed E-state index contributed by atoms with van der Waals surface area (Å²) < 4.78 is 0. The minimum absolute atomic E-state index is 0.594. The number of hydrogen-bond acceptors (Lipinski definition) is 2. The maximum absolute atomic E-state index is 9.96. The fourth-order valence-corrected chi connectivity index (χ4v) is 3.75. The summed E-state index contributed by atoms with van der Waals surface area (Å²) in [5.74, 6) is 0.638. The van der Waals surface area contributed by atoms with E-state index in [1.165, 1.54) is 35.0 Å². The summed E-state index contributed by atoms with van der Waals surface area (Å²) in [4.78, 5) is 5.91. The van der Waals surface area contributed by atoms with Gasteiger partial charge >= 0.3 is 0 Å². The van der Waals surface area contributed by atoms with Crippen LogP contribution in [-0.4, -0.2) is 40.2 Å². The molecule has 0 atom stereocenters. The first-order valence-corrected chi connectivity index (χ1v) is 7.96. The van der Waals surface area contributed by atoms with Crippen molar-refractivity contribution in [1.29, 1.82) is 0 Å². The van der Waals surface area contributed by atoms with Gasteiger partial charge in [-0.25, -0.2) is 0 Å². The van der Waals surface area contributed by atoms with E-state index in [0.717, 1.165) is 19.6 Å². The van der Waals surface area contributed by atoms with Crippen LogP contribution in [0.3, 0.4) is 0 Å². The maximum atomic E-state index is 9.96. The number of para-hydroxylation sites is 1. The van der Waals surface area contributed by atoms with Gasteiger partial charge < -0.3 is 15.0 Å². The number of nitrogens with zero attached hydrogens (tertiary/aromatic N) is 1. The predicted molar refractivity (Wildman–Crippen MR) is 87.7 cm³/mol. The number of likely N-dealkylation sites (tertiary alicyclic amines) is 1. The lowest BCUT2D eigenvalue weighted by Crippen LogP contribution is -2.42. The van der Waals surface area contributed by atoms with Crippen molar-refractivity contribution < 1.29 is 5.11 Å². The number of rotatable bonds is 3. The second-order valence-electron chi connectivity index (χ2n) is 7.07. The number of aromatic amines is 1. The normalized spacial score (nSPS) is 18.5. The van der Waals surface area contributed by atoms with Gasteiger partial charge in [-0.2, -0.15) is 0 Å². The first-order valence-electron chi connectivity index (χ1n) is 7.96. The van der Waals surface area contributed by atoms with Crippen molar-refractivity contribution in [3.63, 3.8) is 0 Å². The van der Waals surface area contributed by atoms with E-state index in [-0.39, 0.29) is 0 Å². The zero-order valence-corrected chi connectivity index (χ0v) is 13.3. The molecule has 0 spiro atoms. The van der Waals surface area contributed by atoms with Gasteiger partial charge in [0, 0.05) is 23.1 Å². The molecular weight excluding hydrogens is 260 g/mol. The third-order valence-corrected chi connectivity index (χ3v) is 4.55. The van der Waals surface area contributed by atoms with E-state index in [0.29, 0.717) is 5.92 Å². The monoisotopic (exact) mass is 286 g/mol. The molecule has 1 fully saturated rings. The number of aryl methyl sites for hydroxylation is 1. The highest BCUT2D eigenvalue weighted by Gasteiger charge is 2.27. The second-order valence-corrected chi connectivity index (χ2v) is 7.07. The fraction of sp³-hybridized carbons (Fsp3) is 0.556. The van der Waals surface area contributed by atoms with Gasteiger partial charge in [-0.1, -0.05) is 18.2 Å². The van der Waals surface area contributed by atoms with Crippen LogP contribution in [0.25, 0.3) is 10.9 Å². The van der Waals surface area contributed by atoms with Crippen LogP contribution in [0.5, 0.6) is 0 Å². The van der Waals surface area contributed by atoms with Crippen molar-refractivity contribution in [3.05, 3.63) is 35.5 Å². The van der Waals surface area contributed by atoms with E-state index in [1.807, 2.05) is 13.8 Å². The van der Waals surface area contributed by atoms with Crippen molar-refractivity contribution in [2.75, 3.05) is 19.6 Å². The molecule has 3 rings (SSSR count). The Kier molecular flexibility index (Phi) is 3.80. The molecule has 2 aromatic rings. The van der Waals surface area contributed by atoms with Crippen molar-refractivity contribution in [3.8, 4) is 0 Å². The molecule has 1 aliphatic rings. The van der Waals surface area contributed by atoms with Gasteiger partial charge in [-0.3, -0.25) is 0 Å². The Morgan fingerprint density at radius 2 is 1.90 bits per heavy atom. The predicted octanol–water partition coefficient (Wildman–Crippen LogP) is 3.43. The molecule has 0 amide bonds. The molecule has 1 aromatic heterocycles. The summed E-state index contributed by atoms with van der Waals surface area (Å²) >= 11 is 0. The summed E-state index contributed by atoms with van der Waals surface area (Å²) in [6.07, 6.45) is 2.36. The second kappa shape index (κ2) is 5.47. The maximum Gasteiger partial charge on any atom is 0.0718 e. The Hall–Kier alpha value is -1.32. The molecule has 0 radical (unpaired) electrons. The largest absolute Gasteiger partial charge is 0.389 e. The van der Waals surface area contributed by atoms with Gasteiger partial charge in [-0.05, 0) is 64.3 Å². The zero-order valence-electron chi connectivity index (χ0n) is 13.3. The van der Waals surface area contributed by atoms with E-state index in [4.69, 9.17) is 0 Å². The highest BCUT2D eigenvalue weighted by atomic mass is 16.3. The number of piperidine rings is 1. The highest BCUT2D eigenvalue weighted by Crippen LogP contribution is 2.35. The number of benzene rings is 1. The van der Waals surface area contributed by atoms with Gasteiger partial charge in [-0.15, -0.1) is 0 Å². The first kappa shape index (κ1) is 14.6.